The number of fused-ring (bicyclic) bond motifs is 6. The van der Waals surface area contributed by atoms with Crippen molar-refractivity contribution in [2.24, 2.45) is 0 Å². The van der Waals surface area contributed by atoms with E-state index in [0.29, 0.717) is 0 Å². The van der Waals surface area contributed by atoms with E-state index in [4.69, 9.17) is 4.74 Å². The van der Waals surface area contributed by atoms with Crippen LogP contribution in [0.3, 0.4) is 0 Å². The summed E-state index contributed by atoms with van der Waals surface area (Å²) >= 11 is 0. The van der Waals surface area contributed by atoms with Crippen LogP contribution in [0.5, 0.6) is 5.75 Å². The van der Waals surface area contributed by atoms with Gasteiger partial charge in [0.25, 0.3) is 0 Å². The molecule has 9 rings (SSSR count). The van der Waals surface area contributed by atoms with E-state index in [1.807, 2.05) is 0 Å². The number of ether oxygens (including phenoxy) is 1. The summed E-state index contributed by atoms with van der Waals surface area (Å²) in [6.07, 6.45) is 4.63. The van der Waals surface area contributed by atoms with Crippen LogP contribution in [-0.2, 0) is 19.3 Å². The molecule has 0 atom stereocenters. The van der Waals surface area contributed by atoms with E-state index in [9.17, 15) is 0 Å². The maximum Gasteiger partial charge on any atom is 0.126 e. The minimum absolute atomic E-state index is 0.962. The molecule has 8 aromatic carbocycles. The molecular weight excluding hydrogens is 701 g/mol. The molecule has 58 heavy (non-hydrogen) atoms. The van der Waals surface area contributed by atoms with Crippen LogP contribution in [0.1, 0.15) is 87.0 Å². The lowest BCUT2D eigenvalue weighted by atomic mass is 9.95. The number of hydrogen-bond acceptors (Lipinski definition) is 1. The summed E-state index contributed by atoms with van der Waals surface area (Å²) in [5.41, 5.74) is 19.5. The molecule has 0 saturated carbocycles. The Labute approximate surface area is 348 Å². The zero-order chi connectivity index (χ0) is 41.5. The fourth-order valence-corrected chi connectivity index (χ4v) is 8.38. The van der Waals surface area contributed by atoms with Crippen molar-refractivity contribution in [3.63, 3.8) is 0 Å². The summed E-state index contributed by atoms with van der Waals surface area (Å²) < 4.78 is 5.36. The van der Waals surface area contributed by atoms with Crippen LogP contribution in [0.2, 0.25) is 0 Å². The normalized spacial score (nSPS) is 11.2. The molecular formula is C57H62O. The topological polar surface area (TPSA) is 9.23 Å². The average molecular weight is 763 g/mol. The maximum atomic E-state index is 5.36. The SMILES string of the molecule is CCCc1c(C)ccc2cc(C)ccc12.CCc1cc2cc(C)ccc2cc1C.COc1cc(C)cc2ccc(C)cc12.Cc1ccc2c(c1)Cc1cc(C)ccc1-2. The van der Waals surface area contributed by atoms with Crippen LogP contribution in [0.4, 0.5) is 0 Å². The quantitative estimate of drug-likeness (QED) is 0.173. The number of rotatable bonds is 4. The molecule has 8 aromatic rings. The number of benzene rings is 8. The molecule has 0 unspecified atom stereocenters. The van der Waals surface area contributed by atoms with Gasteiger partial charge in [0.2, 0.25) is 0 Å². The minimum Gasteiger partial charge on any atom is -0.496 e. The molecule has 1 aliphatic carbocycles. The molecule has 0 amide bonds. The summed E-state index contributed by atoms with van der Waals surface area (Å²) in [4.78, 5) is 0. The highest BCUT2D eigenvalue weighted by Gasteiger charge is 2.17. The van der Waals surface area contributed by atoms with Crippen LogP contribution in [0, 0.1) is 55.4 Å². The highest BCUT2D eigenvalue weighted by Crippen LogP contribution is 2.37. The average Bonchev–Trinajstić information content (AvgIpc) is 3.56. The van der Waals surface area contributed by atoms with Gasteiger partial charge in [-0.15, -0.1) is 0 Å². The van der Waals surface area contributed by atoms with Crippen molar-refractivity contribution >= 4 is 32.3 Å². The van der Waals surface area contributed by atoms with E-state index >= 15 is 0 Å². The van der Waals surface area contributed by atoms with Crippen molar-refractivity contribution in [1.82, 2.24) is 0 Å². The van der Waals surface area contributed by atoms with Crippen molar-refractivity contribution < 1.29 is 4.74 Å². The lowest BCUT2D eigenvalue weighted by molar-refractivity contribution is 0.419. The van der Waals surface area contributed by atoms with Crippen molar-refractivity contribution in [2.75, 3.05) is 7.11 Å². The van der Waals surface area contributed by atoms with Gasteiger partial charge in [-0.3, -0.25) is 0 Å². The van der Waals surface area contributed by atoms with Crippen molar-refractivity contribution in [1.29, 1.82) is 0 Å². The molecule has 296 valence electrons. The van der Waals surface area contributed by atoms with Gasteiger partial charge in [0.05, 0.1) is 7.11 Å². The highest BCUT2D eigenvalue weighted by molar-refractivity contribution is 5.90. The van der Waals surface area contributed by atoms with E-state index in [2.05, 4.69) is 197 Å². The first kappa shape index (κ1) is 42.0. The summed E-state index contributed by atoms with van der Waals surface area (Å²) in [6.45, 7) is 21.7. The first-order valence-electron chi connectivity index (χ1n) is 21.1. The number of aryl methyl sites for hydroxylation is 10. The van der Waals surface area contributed by atoms with Gasteiger partial charge in [-0.1, -0.05) is 163 Å². The molecule has 1 aliphatic rings. The van der Waals surface area contributed by atoms with Crippen LogP contribution in [-0.4, -0.2) is 7.11 Å². The second kappa shape index (κ2) is 18.7. The lowest BCUT2D eigenvalue weighted by Crippen LogP contribution is -1.91. The highest BCUT2D eigenvalue weighted by atomic mass is 16.5. The third kappa shape index (κ3) is 9.89. The molecule has 0 spiro atoms. The summed E-state index contributed by atoms with van der Waals surface area (Å²) in [7, 11) is 1.72. The minimum atomic E-state index is 0.962. The first-order valence-corrected chi connectivity index (χ1v) is 21.1. The van der Waals surface area contributed by atoms with Crippen molar-refractivity contribution in [2.45, 2.75) is 94.9 Å². The van der Waals surface area contributed by atoms with E-state index in [-0.39, 0.29) is 0 Å². The predicted molar refractivity (Wildman–Crippen MR) is 254 cm³/mol. The molecule has 0 saturated heterocycles. The zero-order valence-corrected chi connectivity index (χ0v) is 36.9. The van der Waals surface area contributed by atoms with Gasteiger partial charge in [0.15, 0.2) is 0 Å². The Hall–Kier alpha value is -5.66. The first-order chi connectivity index (χ1) is 27.9. The summed E-state index contributed by atoms with van der Waals surface area (Å²) in [5.74, 6) is 0.962. The molecule has 0 heterocycles. The maximum absolute atomic E-state index is 5.36. The van der Waals surface area contributed by atoms with Gasteiger partial charge >= 0.3 is 0 Å². The third-order valence-electron chi connectivity index (χ3n) is 11.5. The predicted octanol–water partition coefficient (Wildman–Crippen LogP) is 15.8. The second-order valence-electron chi connectivity index (χ2n) is 16.5. The molecule has 0 aliphatic heterocycles. The molecule has 0 radical (unpaired) electrons. The van der Waals surface area contributed by atoms with Gasteiger partial charge in [-0.05, 0) is 164 Å². The van der Waals surface area contributed by atoms with E-state index in [0.717, 1.165) is 18.6 Å². The standard InChI is InChI=1S/C15H14.C15H18.C14H16.C13H14O/c1-10-3-5-14-12(7-10)9-13-8-11(2)4-6-15(13)14;1-4-5-14-12(3)7-8-13-10-11(2)6-9-15(13)14;1-4-12-9-14-7-10(2)5-6-13(14)8-11(12)3;1-9-4-5-11-6-10(2)8-13(14-3)12(11)7-9/h3-8H,9H2,1-2H3;6-10H,4-5H2,1-3H3;5-9H,4H2,1-3H3;4-8H,1-3H3. The second-order valence-corrected chi connectivity index (χ2v) is 16.5. The summed E-state index contributed by atoms with van der Waals surface area (Å²) in [6, 6.07) is 46.7. The zero-order valence-electron chi connectivity index (χ0n) is 36.9. The Balaban J connectivity index is 0.000000130. The Kier molecular flexibility index (Phi) is 13.6. The largest absolute Gasteiger partial charge is 0.496 e. The molecule has 1 nitrogen and oxygen atoms in total. The Morgan fingerprint density at radius 3 is 1.57 bits per heavy atom. The fraction of sp³-hybridized carbons (Fsp3) is 0.263. The Morgan fingerprint density at radius 2 is 0.948 bits per heavy atom. The van der Waals surface area contributed by atoms with E-state index < -0.39 is 0 Å². The van der Waals surface area contributed by atoms with E-state index in [1.54, 1.807) is 7.11 Å². The van der Waals surface area contributed by atoms with Crippen LogP contribution in [0.25, 0.3) is 43.4 Å². The molecule has 0 bridgehead atoms. The van der Waals surface area contributed by atoms with Gasteiger partial charge in [-0.25, -0.2) is 0 Å². The Morgan fingerprint density at radius 1 is 0.431 bits per heavy atom. The van der Waals surface area contributed by atoms with Gasteiger partial charge in [0.1, 0.15) is 5.75 Å². The van der Waals surface area contributed by atoms with Crippen LogP contribution >= 0.6 is 0 Å². The fourth-order valence-electron chi connectivity index (χ4n) is 8.38. The van der Waals surface area contributed by atoms with Crippen molar-refractivity contribution in [3.8, 4) is 16.9 Å². The van der Waals surface area contributed by atoms with Crippen LogP contribution < -0.4 is 4.74 Å². The third-order valence-corrected chi connectivity index (χ3v) is 11.5. The number of methoxy groups -OCH3 is 1. The monoisotopic (exact) mass is 762 g/mol. The Bertz CT molecular complexity index is 2660. The van der Waals surface area contributed by atoms with Gasteiger partial charge < -0.3 is 4.74 Å². The molecule has 0 aromatic heterocycles. The molecule has 1 heteroatoms. The molecule has 0 fully saturated rings. The number of hydrogen-bond donors (Lipinski definition) is 0. The van der Waals surface area contributed by atoms with Gasteiger partial charge in [0, 0.05) is 5.39 Å². The lowest BCUT2D eigenvalue weighted by Gasteiger charge is -2.09. The van der Waals surface area contributed by atoms with Gasteiger partial charge in [-0.2, -0.15) is 0 Å². The smallest absolute Gasteiger partial charge is 0.126 e. The van der Waals surface area contributed by atoms with Crippen molar-refractivity contribution in [3.05, 3.63) is 194 Å². The van der Waals surface area contributed by atoms with E-state index in [1.165, 1.54) is 123 Å². The van der Waals surface area contributed by atoms with Crippen LogP contribution in [0.15, 0.2) is 127 Å². The summed E-state index contributed by atoms with van der Waals surface area (Å²) in [5, 5.41) is 7.97. The molecule has 0 N–H and O–H groups in total.